The van der Waals surface area contributed by atoms with E-state index in [1.807, 2.05) is 0 Å². The molecule has 3 N–H and O–H groups in total. The van der Waals surface area contributed by atoms with Crippen molar-refractivity contribution in [2.45, 2.75) is 18.9 Å². The van der Waals surface area contributed by atoms with Crippen molar-refractivity contribution in [3.63, 3.8) is 0 Å². The summed E-state index contributed by atoms with van der Waals surface area (Å²) in [5, 5.41) is 2.64. The van der Waals surface area contributed by atoms with Crippen LogP contribution in [0, 0.1) is 11.6 Å². The van der Waals surface area contributed by atoms with Gasteiger partial charge in [0.1, 0.15) is 5.82 Å². The first-order valence-electron chi connectivity index (χ1n) is 5.56. The molecule has 1 heterocycles. The Morgan fingerprint density at radius 1 is 1.50 bits per heavy atom. The molecule has 1 aromatic carbocycles. The van der Waals surface area contributed by atoms with E-state index in [1.54, 1.807) is 6.92 Å². The maximum atomic E-state index is 13.6. The summed E-state index contributed by atoms with van der Waals surface area (Å²) in [6, 6.07) is 1.67. The first kappa shape index (κ1) is 12.8. The Morgan fingerprint density at radius 2 is 2.22 bits per heavy atom. The molecule has 0 saturated carbocycles. The predicted octanol–water partition coefficient (Wildman–Crippen LogP) is 1.46. The lowest BCUT2D eigenvalue weighted by Gasteiger charge is -2.23. The number of ether oxygens (including phenoxy) is 1. The van der Waals surface area contributed by atoms with E-state index in [0.29, 0.717) is 19.6 Å². The highest BCUT2D eigenvalue weighted by atomic mass is 19.1. The second kappa shape index (κ2) is 4.53. The van der Waals surface area contributed by atoms with Gasteiger partial charge in [-0.3, -0.25) is 4.79 Å². The molecule has 0 spiro atoms. The summed E-state index contributed by atoms with van der Waals surface area (Å²) >= 11 is 0. The fraction of sp³-hybridized carbons (Fsp3) is 0.417. The van der Waals surface area contributed by atoms with Crippen LogP contribution in [0.1, 0.15) is 23.7 Å². The van der Waals surface area contributed by atoms with Crippen molar-refractivity contribution in [3.8, 4) is 0 Å². The van der Waals surface area contributed by atoms with Gasteiger partial charge in [0.2, 0.25) is 0 Å². The number of benzene rings is 1. The Balaban J connectivity index is 2.23. The average Bonchev–Trinajstić information content (AvgIpc) is 2.70. The summed E-state index contributed by atoms with van der Waals surface area (Å²) in [6.45, 7) is 2.67. The highest BCUT2D eigenvalue weighted by molar-refractivity contribution is 5.95. The van der Waals surface area contributed by atoms with E-state index in [9.17, 15) is 13.6 Å². The maximum absolute atomic E-state index is 13.6. The van der Waals surface area contributed by atoms with Crippen molar-refractivity contribution in [1.29, 1.82) is 0 Å². The number of nitrogens with two attached hydrogens (primary N) is 1. The van der Waals surface area contributed by atoms with Gasteiger partial charge in [0.05, 0.1) is 23.4 Å². The number of nitrogen functional groups attached to an aromatic ring is 1. The number of nitrogens with one attached hydrogen (secondary N) is 1. The van der Waals surface area contributed by atoms with Gasteiger partial charge in [-0.15, -0.1) is 0 Å². The number of rotatable bonds is 2. The zero-order valence-corrected chi connectivity index (χ0v) is 9.93. The summed E-state index contributed by atoms with van der Waals surface area (Å²) in [5.41, 5.74) is 3.96. The zero-order chi connectivity index (χ0) is 13.3. The number of carbonyl (C=O) groups excluding carboxylic acids is 1. The number of carbonyl (C=O) groups is 1. The molecule has 0 radical (unpaired) electrons. The number of amides is 1. The third-order valence-corrected chi connectivity index (χ3v) is 2.94. The molecule has 4 nitrogen and oxygen atoms in total. The molecule has 1 aliphatic heterocycles. The summed E-state index contributed by atoms with van der Waals surface area (Å²) in [5.74, 6) is -2.34. The van der Waals surface area contributed by atoms with E-state index >= 15 is 0 Å². The van der Waals surface area contributed by atoms with E-state index in [4.69, 9.17) is 10.5 Å². The topological polar surface area (TPSA) is 64.4 Å². The van der Waals surface area contributed by atoms with Crippen LogP contribution in [0.15, 0.2) is 12.1 Å². The van der Waals surface area contributed by atoms with Gasteiger partial charge in [-0.25, -0.2) is 8.78 Å². The van der Waals surface area contributed by atoms with Crippen molar-refractivity contribution < 1.29 is 18.3 Å². The van der Waals surface area contributed by atoms with Gasteiger partial charge in [-0.1, -0.05) is 0 Å². The first-order chi connectivity index (χ1) is 8.41. The SMILES string of the molecule is CC1(NC(=O)c2cc(F)cc(N)c2F)CCOC1. The van der Waals surface area contributed by atoms with Crippen molar-refractivity contribution >= 4 is 11.6 Å². The van der Waals surface area contributed by atoms with Gasteiger partial charge in [-0.2, -0.15) is 0 Å². The standard InChI is InChI=1S/C12H14F2N2O2/c1-12(2-3-18-6-12)16-11(17)8-4-7(13)5-9(15)10(8)14/h4-5H,2-3,6,15H2,1H3,(H,16,17). The minimum Gasteiger partial charge on any atom is -0.396 e. The fourth-order valence-electron chi connectivity index (χ4n) is 1.88. The predicted molar refractivity (Wildman–Crippen MR) is 62.1 cm³/mol. The third-order valence-electron chi connectivity index (χ3n) is 2.94. The molecular weight excluding hydrogens is 242 g/mol. The van der Waals surface area contributed by atoms with Gasteiger partial charge in [-0.05, 0) is 25.5 Å². The number of hydrogen-bond donors (Lipinski definition) is 2. The lowest BCUT2D eigenvalue weighted by Crippen LogP contribution is -2.46. The molecule has 98 valence electrons. The minimum atomic E-state index is -0.906. The lowest BCUT2D eigenvalue weighted by molar-refractivity contribution is 0.0885. The second-order valence-electron chi connectivity index (χ2n) is 4.67. The first-order valence-corrected chi connectivity index (χ1v) is 5.56. The van der Waals surface area contributed by atoms with Crippen LogP contribution in [-0.4, -0.2) is 24.7 Å². The van der Waals surface area contributed by atoms with Gasteiger partial charge in [0.25, 0.3) is 5.91 Å². The van der Waals surface area contributed by atoms with Gasteiger partial charge < -0.3 is 15.8 Å². The van der Waals surface area contributed by atoms with E-state index < -0.39 is 23.1 Å². The number of anilines is 1. The normalized spacial score (nSPS) is 23.1. The molecule has 0 aliphatic carbocycles. The highest BCUT2D eigenvalue weighted by Gasteiger charge is 2.32. The van der Waals surface area contributed by atoms with Crippen LogP contribution in [0.2, 0.25) is 0 Å². The van der Waals surface area contributed by atoms with Gasteiger partial charge >= 0.3 is 0 Å². The van der Waals surface area contributed by atoms with Crippen molar-refractivity contribution in [2.24, 2.45) is 0 Å². The Labute approximate surface area is 103 Å². The zero-order valence-electron chi connectivity index (χ0n) is 9.93. The van der Waals surface area contributed by atoms with Crippen LogP contribution in [0.3, 0.4) is 0 Å². The van der Waals surface area contributed by atoms with Crippen LogP contribution in [0.4, 0.5) is 14.5 Å². The molecule has 1 aliphatic rings. The van der Waals surface area contributed by atoms with E-state index in [0.717, 1.165) is 12.1 Å². The smallest absolute Gasteiger partial charge is 0.254 e. The molecule has 1 aromatic rings. The molecule has 0 aromatic heterocycles. The van der Waals surface area contributed by atoms with Crippen LogP contribution >= 0.6 is 0 Å². The number of halogens is 2. The molecule has 1 amide bonds. The highest BCUT2D eigenvalue weighted by Crippen LogP contribution is 2.21. The molecule has 1 fully saturated rings. The van der Waals surface area contributed by atoms with Crippen LogP contribution in [0.25, 0.3) is 0 Å². The summed E-state index contributed by atoms with van der Waals surface area (Å²) in [7, 11) is 0. The fourth-order valence-corrected chi connectivity index (χ4v) is 1.88. The molecule has 1 saturated heterocycles. The maximum Gasteiger partial charge on any atom is 0.254 e. The van der Waals surface area contributed by atoms with Gasteiger partial charge in [0.15, 0.2) is 5.82 Å². The van der Waals surface area contributed by atoms with Gasteiger partial charge in [0, 0.05) is 6.61 Å². The molecule has 2 rings (SSSR count). The molecular formula is C12H14F2N2O2. The van der Waals surface area contributed by atoms with Crippen molar-refractivity contribution in [3.05, 3.63) is 29.3 Å². The summed E-state index contributed by atoms with van der Waals surface area (Å²) in [6.07, 6.45) is 0.630. The van der Waals surface area contributed by atoms with E-state index in [2.05, 4.69) is 5.32 Å². The van der Waals surface area contributed by atoms with Crippen LogP contribution < -0.4 is 11.1 Å². The average molecular weight is 256 g/mol. The quantitative estimate of drug-likeness (QED) is 0.787. The van der Waals surface area contributed by atoms with Crippen molar-refractivity contribution in [2.75, 3.05) is 18.9 Å². The molecule has 1 atom stereocenters. The lowest BCUT2D eigenvalue weighted by atomic mass is 10.0. The molecule has 6 heteroatoms. The Hall–Kier alpha value is -1.69. The minimum absolute atomic E-state index is 0.352. The number of hydrogen-bond acceptors (Lipinski definition) is 3. The molecule has 18 heavy (non-hydrogen) atoms. The Bertz CT molecular complexity index is 485. The monoisotopic (exact) mass is 256 g/mol. The summed E-state index contributed by atoms with van der Waals surface area (Å²) < 4.78 is 31.9. The summed E-state index contributed by atoms with van der Waals surface area (Å²) in [4.78, 5) is 11.9. The Morgan fingerprint density at radius 3 is 2.83 bits per heavy atom. The van der Waals surface area contributed by atoms with Crippen LogP contribution in [0.5, 0.6) is 0 Å². The van der Waals surface area contributed by atoms with Crippen molar-refractivity contribution in [1.82, 2.24) is 5.32 Å². The molecule has 1 unspecified atom stereocenters. The van der Waals surface area contributed by atoms with E-state index in [-0.39, 0.29) is 11.3 Å². The van der Waals surface area contributed by atoms with E-state index in [1.165, 1.54) is 0 Å². The molecule has 0 bridgehead atoms. The third kappa shape index (κ3) is 2.43. The van der Waals surface area contributed by atoms with Crippen LogP contribution in [-0.2, 0) is 4.74 Å². The second-order valence-corrected chi connectivity index (χ2v) is 4.67. The Kier molecular flexibility index (Phi) is 3.21. The largest absolute Gasteiger partial charge is 0.396 e.